The molecule has 4 nitrogen and oxygen atoms in total. The molecule has 1 aliphatic heterocycles. The summed E-state index contributed by atoms with van der Waals surface area (Å²) in [6.07, 6.45) is 4.97. The zero-order valence-electron chi connectivity index (χ0n) is 13.2. The normalized spacial score (nSPS) is 19.7. The molecule has 0 bridgehead atoms. The summed E-state index contributed by atoms with van der Waals surface area (Å²) in [7, 11) is 0. The molecule has 4 heteroatoms. The molecule has 1 atom stereocenters. The van der Waals surface area contributed by atoms with E-state index < -0.39 is 0 Å². The fourth-order valence-electron chi connectivity index (χ4n) is 3.55. The van der Waals surface area contributed by atoms with E-state index in [2.05, 4.69) is 66.7 Å². The van der Waals surface area contributed by atoms with Crippen LogP contribution in [0.4, 0.5) is 5.69 Å². The quantitative estimate of drug-likeness (QED) is 0.734. The summed E-state index contributed by atoms with van der Waals surface area (Å²) in [5.41, 5.74) is 6.13. The zero-order chi connectivity index (χ0) is 15.3. The lowest BCUT2D eigenvalue weighted by Crippen LogP contribution is -2.36. The molecule has 0 radical (unpaired) electrons. The summed E-state index contributed by atoms with van der Waals surface area (Å²) < 4.78 is 1.96. The Bertz CT molecular complexity index is 847. The highest BCUT2D eigenvalue weighted by Crippen LogP contribution is 2.40. The molecule has 1 aromatic carbocycles. The number of nitrogens with zero attached hydrogens (tertiary/aromatic N) is 3. The molecule has 0 saturated carbocycles. The number of benzene rings is 1. The average Bonchev–Trinajstić information content (AvgIpc) is 2.93. The molecule has 0 spiro atoms. The van der Waals surface area contributed by atoms with Gasteiger partial charge >= 0.3 is 0 Å². The van der Waals surface area contributed by atoms with Crippen molar-refractivity contribution in [3.05, 3.63) is 48.4 Å². The molecule has 0 saturated heterocycles. The number of hydrogen-bond donors (Lipinski definition) is 1. The molecule has 3 aromatic rings. The van der Waals surface area contributed by atoms with Crippen molar-refractivity contribution < 1.29 is 0 Å². The van der Waals surface area contributed by atoms with Gasteiger partial charge in [-0.3, -0.25) is 4.40 Å². The summed E-state index contributed by atoms with van der Waals surface area (Å²) in [5.74, 6) is 0.560. The monoisotopic (exact) mass is 292 g/mol. The van der Waals surface area contributed by atoms with Crippen molar-refractivity contribution in [2.24, 2.45) is 0 Å². The van der Waals surface area contributed by atoms with Crippen LogP contribution >= 0.6 is 0 Å². The van der Waals surface area contributed by atoms with Crippen molar-refractivity contribution >= 4 is 11.3 Å². The Morgan fingerprint density at radius 2 is 2.00 bits per heavy atom. The number of nitrogens with one attached hydrogen (secondary N) is 1. The minimum absolute atomic E-state index is 0.162. The summed E-state index contributed by atoms with van der Waals surface area (Å²) >= 11 is 0. The molecule has 3 heterocycles. The standard InChI is InChI=1S/C18H20N4/c1-12-9-18(2,3)20-16-6-4-13(8-15(12)16)14-5-7-17-21-19-11-22(17)10-14/h4-8,10-12,20H,9H2,1-3H3. The first kappa shape index (κ1) is 13.3. The highest BCUT2D eigenvalue weighted by Gasteiger charge is 2.29. The maximum absolute atomic E-state index is 4.05. The maximum atomic E-state index is 4.05. The van der Waals surface area contributed by atoms with Crippen LogP contribution in [0.2, 0.25) is 0 Å². The van der Waals surface area contributed by atoms with Gasteiger partial charge in [0, 0.05) is 17.4 Å². The van der Waals surface area contributed by atoms with Crippen LogP contribution in [0.5, 0.6) is 0 Å². The summed E-state index contributed by atoms with van der Waals surface area (Å²) in [4.78, 5) is 0. The summed E-state index contributed by atoms with van der Waals surface area (Å²) in [6, 6.07) is 10.8. The van der Waals surface area contributed by atoms with Crippen LogP contribution in [-0.2, 0) is 0 Å². The Morgan fingerprint density at radius 1 is 1.18 bits per heavy atom. The maximum Gasteiger partial charge on any atom is 0.160 e. The van der Waals surface area contributed by atoms with Gasteiger partial charge in [0.2, 0.25) is 0 Å². The SMILES string of the molecule is CC1CC(C)(C)Nc2ccc(-c3ccc4nncn4c3)cc21. The second-order valence-corrected chi connectivity index (χ2v) is 6.93. The molecular weight excluding hydrogens is 272 g/mol. The van der Waals surface area contributed by atoms with Crippen LogP contribution in [0.1, 0.15) is 38.7 Å². The van der Waals surface area contributed by atoms with E-state index in [0.29, 0.717) is 5.92 Å². The Morgan fingerprint density at radius 3 is 2.86 bits per heavy atom. The third-order valence-corrected chi connectivity index (χ3v) is 4.50. The highest BCUT2D eigenvalue weighted by molar-refractivity contribution is 5.70. The Kier molecular flexibility index (Phi) is 2.76. The van der Waals surface area contributed by atoms with Crippen molar-refractivity contribution in [2.75, 3.05) is 5.32 Å². The molecule has 2 aromatic heterocycles. The van der Waals surface area contributed by atoms with Gasteiger partial charge in [-0.05, 0) is 67.1 Å². The number of fused-ring (bicyclic) bond motifs is 2. The Hall–Kier alpha value is -2.36. The molecule has 0 fully saturated rings. The van der Waals surface area contributed by atoms with Gasteiger partial charge in [-0.25, -0.2) is 0 Å². The highest BCUT2D eigenvalue weighted by atomic mass is 15.2. The van der Waals surface area contributed by atoms with Crippen molar-refractivity contribution in [3.63, 3.8) is 0 Å². The van der Waals surface area contributed by atoms with Crippen molar-refractivity contribution in [3.8, 4) is 11.1 Å². The summed E-state index contributed by atoms with van der Waals surface area (Å²) in [5, 5.41) is 11.6. The minimum Gasteiger partial charge on any atom is -0.380 e. The van der Waals surface area contributed by atoms with Gasteiger partial charge in [-0.2, -0.15) is 0 Å². The lowest BCUT2D eigenvalue weighted by Gasteiger charge is -2.37. The number of anilines is 1. The van der Waals surface area contributed by atoms with E-state index in [1.54, 1.807) is 6.33 Å². The number of hydrogen-bond acceptors (Lipinski definition) is 3. The van der Waals surface area contributed by atoms with E-state index in [1.165, 1.54) is 22.4 Å². The fraction of sp³-hybridized carbons (Fsp3) is 0.333. The van der Waals surface area contributed by atoms with Crippen LogP contribution in [0.25, 0.3) is 16.8 Å². The van der Waals surface area contributed by atoms with E-state index in [9.17, 15) is 0 Å². The molecule has 0 aliphatic carbocycles. The predicted molar refractivity (Wildman–Crippen MR) is 89.2 cm³/mol. The van der Waals surface area contributed by atoms with Crippen LogP contribution in [-0.4, -0.2) is 20.1 Å². The average molecular weight is 292 g/mol. The van der Waals surface area contributed by atoms with Crippen molar-refractivity contribution in [1.82, 2.24) is 14.6 Å². The van der Waals surface area contributed by atoms with E-state index in [0.717, 1.165) is 12.1 Å². The zero-order valence-corrected chi connectivity index (χ0v) is 13.2. The van der Waals surface area contributed by atoms with E-state index in [1.807, 2.05) is 10.5 Å². The lowest BCUT2D eigenvalue weighted by atomic mass is 9.81. The second-order valence-electron chi connectivity index (χ2n) is 6.93. The van der Waals surface area contributed by atoms with Gasteiger partial charge in [0.15, 0.2) is 5.65 Å². The van der Waals surface area contributed by atoms with E-state index in [-0.39, 0.29) is 5.54 Å². The van der Waals surface area contributed by atoms with Gasteiger partial charge < -0.3 is 5.32 Å². The van der Waals surface area contributed by atoms with Crippen LogP contribution in [0, 0.1) is 0 Å². The molecule has 1 aliphatic rings. The topological polar surface area (TPSA) is 42.2 Å². The Balaban J connectivity index is 1.79. The first-order chi connectivity index (χ1) is 10.5. The van der Waals surface area contributed by atoms with Gasteiger partial charge in [0.25, 0.3) is 0 Å². The fourth-order valence-corrected chi connectivity index (χ4v) is 3.55. The van der Waals surface area contributed by atoms with Gasteiger partial charge in [0.1, 0.15) is 6.33 Å². The minimum atomic E-state index is 0.162. The predicted octanol–water partition coefficient (Wildman–Crippen LogP) is 4.09. The first-order valence-electron chi connectivity index (χ1n) is 7.74. The third kappa shape index (κ3) is 2.15. The van der Waals surface area contributed by atoms with Crippen molar-refractivity contribution in [1.29, 1.82) is 0 Å². The van der Waals surface area contributed by atoms with Crippen molar-refractivity contribution in [2.45, 2.75) is 38.6 Å². The molecule has 22 heavy (non-hydrogen) atoms. The van der Waals surface area contributed by atoms with Crippen LogP contribution in [0.3, 0.4) is 0 Å². The molecule has 1 N–H and O–H groups in total. The van der Waals surface area contributed by atoms with Gasteiger partial charge in [-0.1, -0.05) is 13.0 Å². The van der Waals surface area contributed by atoms with Gasteiger partial charge in [0.05, 0.1) is 0 Å². The summed E-state index contributed by atoms with van der Waals surface area (Å²) in [6.45, 7) is 6.84. The lowest BCUT2D eigenvalue weighted by molar-refractivity contribution is 0.454. The largest absolute Gasteiger partial charge is 0.380 e. The van der Waals surface area contributed by atoms with E-state index in [4.69, 9.17) is 0 Å². The van der Waals surface area contributed by atoms with E-state index >= 15 is 0 Å². The first-order valence-corrected chi connectivity index (χ1v) is 7.74. The van der Waals surface area contributed by atoms with Crippen LogP contribution in [0.15, 0.2) is 42.9 Å². The third-order valence-electron chi connectivity index (χ3n) is 4.50. The molecule has 4 rings (SSSR count). The molecule has 112 valence electrons. The molecule has 1 unspecified atom stereocenters. The smallest absolute Gasteiger partial charge is 0.160 e. The van der Waals surface area contributed by atoms with Gasteiger partial charge in [-0.15, -0.1) is 10.2 Å². The second kappa shape index (κ2) is 4.57. The number of pyridine rings is 1. The molecular formula is C18H20N4. The Labute approximate surface area is 130 Å². The van der Waals surface area contributed by atoms with Crippen LogP contribution < -0.4 is 5.32 Å². The molecule has 0 amide bonds. The number of rotatable bonds is 1. The number of aromatic nitrogens is 3.